The van der Waals surface area contributed by atoms with Crippen LogP contribution < -0.4 is 5.56 Å². The molecule has 3 aromatic heterocycles. The van der Waals surface area contributed by atoms with Crippen molar-refractivity contribution in [2.45, 2.75) is 40.0 Å². The number of nitrogens with zero attached hydrogens (tertiary/aromatic N) is 5. The van der Waals surface area contributed by atoms with Gasteiger partial charge in [-0.2, -0.15) is 5.10 Å². The van der Waals surface area contributed by atoms with Crippen LogP contribution in [0.3, 0.4) is 0 Å². The fourth-order valence-corrected chi connectivity index (χ4v) is 5.44. The second kappa shape index (κ2) is 8.79. The van der Waals surface area contributed by atoms with Gasteiger partial charge in [-0.25, -0.2) is 14.1 Å². The predicted molar refractivity (Wildman–Crippen MR) is 130 cm³/mol. The monoisotopic (exact) mass is 479 g/mol. The van der Waals surface area contributed by atoms with Crippen LogP contribution in [0.2, 0.25) is 0 Å². The number of carbonyl (C=O) groups is 1. The van der Waals surface area contributed by atoms with E-state index in [2.05, 4.69) is 17.0 Å². The van der Waals surface area contributed by atoms with Crippen molar-refractivity contribution in [1.29, 1.82) is 0 Å². The molecule has 0 bridgehead atoms. The second-order valence-corrected chi connectivity index (χ2v) is 9.83. The highest BCUT2D eigenvalue weighted by Crippen LogP contribution is 2.25. The minimum atomic E-state index is -0.395. The molecule has 1 aliphatic rings. The number of piperidine rings is 1. The van der Waals surface area contributed by atoms with Crippen LogP contribution in [-0.2, 0) is 11.2 Å². The Bertz CT molecular complexity index is 1450. The Balaban J connectivity index is 1.54. The SMILES string of the molecule is Cc1nc2scc(CC(=O)N3CCC(C)CC3)n2c(=O)c1-c1cc(C)n(-c2ccccc2F)n1. The van der Waals surface area contributed by atoms with E-state index in [9.17, 15) is 14.0 Å². The number of para-hydroxylation sites is 1. The number of likely N-dealkylation sites (tertiary alicyclic amines) is 1. The highest BCUT2D eigenvalue weighted by Gasteiger charge is 2.24. The van der Waals surface area contributed by atoms with Crippen molar-refractivity contribution in [1.82, 2.24) is 24.1 Å². The number of rotatable bonds is 4. The van der Waals surface area contributed by atoms with Gasteiger partial charge < -0.3 is 4.90 Å². The molecular weight excluding hydrogens is 453 g/mol. The molecule has 9 heteroatoms. The van der Waals surface area contributed by atoms with Gasteiger partial charge in [-0.05, 0) is 50.8 Å². The summed E-state index contributed by atoms with van der Waals surface area (Å²) in [6.07, 6.45) is 2.16. The summed E-state index contributed by atoms with van der Waals surface area (Å²) >= 11 is 1.35. The minimum Gasteiger partial charge on any atom is -0.342 e. The molecule has 5 rings (SSSR count). The van der Waals surface area contributed by atoms with E-state index in [1.807, 2.05) is 17.2 Å². The molecule has 1 amide bonds. The molecule has 0 atom stereocenters. The average Bonchev–Trinajstić information content (AvgIpc) is 3.38. The first kappa shape index (κ1) is 22.5. The Morgan fingerprint density at radius 2 is 1.94 bits per heavy atom. The summed E-state index contributed by atoms with van der Waals surface area (Å²) in [5.74, 6) is 0.268. The van der Waals surface area contributed by atoms with E-state index < -0.39 is 5.82 Å². The van der Waals surface area contributed by atoms with E-state index in [0.29, 0.717) is 44.9 Å². The van der Waals surface area contributed by atoms with Gasteiger partial charge in [0.15, 0.2) is 4.96 Å². The molecular formula is C25H26FN5O2S. The molecule has 7 nitrogen and oxygen atoms in total. The minimum absolute atomic E-state index is 0.0281. The summed E-state index contributed by atoms with van der Waals surface area (Å²) in [6.45, 7) is 7.31. The van der Waals surface area contributed by atoms with Crippen LogP contribution >= 0.6 is 11.3 Å². The summed E-state index contributed by atoms with van der Waals surface area (Å²) in [6, 6.07) is 8.14. The number of halogens is 1. The smallest absolute Gasteiger partial charge is 0.268 e. The Hall–Kier alpha value is -3.33. The van der Waals surface area contributed by atoms with E-state index in [0.717, 1.165) is 25.9 Å². The Kier molecular flexibility index (Phi) is 5.81. The Morgan fingerprint density at radius 1 is 1.21 bits per heavy atom. The number of hydrogen-bond acceptors (Lipinski definition) is 5. The number of carbonyl (C=O) groups excluding carboxylic acids is 1. The highest BCUT2D eigenvalue weighted by molar-refractivity contribution is 7.15. The van der Waals surface area contributed by atoms with Gasteiger partial charge in [0.2, 0.25) is 5.91 Å². The first-order valence-electron chi connectivity index (χ1n) is 11.4. The van der Waals surface area contributed by atoms with Gasteiger partial charge in [-0.1, -0.05) is 19.1 Å². The zero-order chi connectivity index (χ0) is 24.0. The topological polar surface area (TPSA) is 72.5 Å². The normalized spacial score (nSPS) is 14.8. The van der Waals surface area contributed by atoms with Gasteiger partial charge in [0, 0.05) is 29.9 Å². The summed E-state index contributed by atoms with van der Waals surface area (Å²) in [4.78, 5) is 33.6. The number of fused-ring (bicyclic) bond motifs is 1. The van der Waals surface area contributed by atoms with Crippen LogP contribution in [0.15, 0.2) is 40.5 Å². The molecule has 4 aromatic rings. The van der Waals surface area contributed by atoms with Gasteiger partial charge in [-0.15, -0.1) is 11.3 Å². The maximum Gasteiger partial charge on any atom is 0.268 e. The largest absolute Gasteiger partial charge is 0.342 e. The van der Waals surface area contributed by atoms with Crippen LogP contribution in [0.4, 0.5) is 4.39 Å². The van der Waals surface area contributed by atoms with Crippen molar-refractivity contribution in [3.8, 4) is 16.9 Å². The molecule has 0 unspecified atom stereocenters. The van der Waals surface area contributed by atoms with E-state index in [4.69, 9.17) is 0 Å². The number of amides is 1. The third kappa shape index (κ3) is 3.94. The van der Waals surface area contributed by atoms with Crippen molar-refractivity contribution in [3.63, 3.8) is 0 Å². The fourth-order valence-electron chi connectivity index (χ4n) is 4.51. The molecule has 0 saturated carbocycles. The molecule has 0 aliphatic carbocycles. The van der Waals surface area contributed by atoms with Crippen molar-refractivity contribution in [2.75, 3.05) is 13.1 Å². The van der Waals surface area contributed by atoms with E-state index in [-0.39, 0.29) is 17.9 Å². The lowest BCUT2D eigenvalue weighted by atomic mass is 9.99. The molecule has 1 saturated heterocycles. The molecule has 0 spiro atoms. The zero-order valence-electron chi connectivity index (χ0n) is 19.4. The van der Waals surface area contributed by atoms with Gasteiger partial charge in [-0.3, -0.25) is 14.0 Å². The van der Waals surface area contributed by atoms with Crippen LogP contribution in [0.5, 0.6) is 0 Å². The van der Waals surface area contributed by atoms with Gasteiger partial charge in [0.25, 0.3) is 5.56 Å². The summed E-state index contributed by atoms with van der Waals surface area (Å²) < 4.78 is 17.4. The van der Waals surface area contributed by atoms with Crippen molar-refractivity contribution in [2.24, 2.45) is 5.92 Å². The maximum absolute atomic E-state index is 14.4. The molecule has 0 radical (unpaired) electrons. The lowest BCUT2D eigenvalue weighted by Gasteiger charge is -2.30. The van der Waals surface area contributed by atoms with E-state index >= 15 is 0 Å². The Morgan fingerprint density at radius 3 is 2.68 bits per heavy atom. The highest BCUT2D eigenvalue weighted by atomic mass is 32.1. The van der Waals surface area contributed by atoms with Crippen molar-refractivity contribution >= 4 is 22.2 Å². The van der Waals surface area contributed by atoms with Crippen molar-refractivity contribution in [3.05, 3.63) is 69.0 Å². The quantitative estimate of drug-likeness (QED) is 0.441. The molecule has 34 heavy (non-hydrogen) atoms. The lowest BCUT2D eigenvalue weighted by molar-refractivity contribution is -0.131. The van der Waals surface area contributed by atoms with Gasteiger partial charge in [0.05, 0.1) is 17.7 Å². The van der Waals surface area contributed by atoms with Crippen LogP contribution in [0.1, 0.15) is 36.8 Å². The first-order chi connectivity index (χ1) is 16.3. The third-order valence-electron chi connectivity index (χ3n) is 6.51. The molecule has 0 N–H and O–H groups in total. The number of aryl methyl sites for hydroxylation is 2. The molecule has 1 fully saturated rings. The van der Waals surface area contributed by atoms with Gasteiger partial charge >= 0.3 is 0 Å². The molecule has 176 valence electrons. The van der Waals surface area contributed by atoms with Crippen LogP contribution in [0, 0.1) is 25.6 Å². The van der Waals surface area contributed by atoms with Crippen LogP contribution in [-0.4, -0.2) is 43.1 Å². The zero-order valence-corrected chi connectivity index (χ0v) is 20.2. The van der Waals surface area contributed by atoms with Crippen LogP contribution in [0.25, 0.3) is 21.9 Å². The van der Waals surface area contributed by atoms with E-state index in [1.165, 1.54) is 26.5 Å². The molecule has 1 aliphatic heterocycles. The maximum atomic E-state index is 14.4. The predicted octanol–water partition coefficient (Wildman–Crippen LogP) is 4.17. The lowest BCUT2D eigenvalue weighted by Crippen LogP contribution is -2.39. The second-order valence-electron chi connectivity index (χ2n) is 9.00. The third-order valence-corrected chi connectivity index (χ3v) is 7.39. The molecule has 4 heterocycles. The number of hydrogen-bond donors (Lipinski definition) is 0. The summed E-state index contributed by atoms with van der Waals surface area (Å²) in [5, 5.41) is 6.38. The summed E-state index contributed by atoms with van der Waals surface area (Å²) in [7, 11) is 0. The fraction of sp³-hybridized carbons (Fsp3) is 0.360. The van der Waals surface area contributed by atoms with Crippen molar-refractivity contribution < 1.29 is 9.18 Å². The average molecular weight is 480 g/mol. The number of aromatic nitrogens is 4. The first-order valence-corrected chi connectivity index (χ1v) is 12.3. The Labute approximate surface area is 200 Å². The van der Waals surface area contributed by atoms with Gasteiger partial charge in [0.1, 0.15) is 17.2 Å². The summed E-state index contributed by atoms with van der Waals surface area (Å²) in [5.41, 5.74) is 2.71. The standard InChI is InChI=1S/C25H26FN5O2S/c1-15-8-10-29(11-9-15)22(32)13-18-14-34-25-27-17(3)23(24(33)30(18)25)20-12-16(2)31(28-20)21-7-5-4-6-19(21)26/h4-7,12,14-15H,8-11,13H2,1-3H3. The molecule has 1 aromatic carbocycles. The number of benzene rings is 1. The van der Waals surface area contributed by atoms with E-state index in [1.54, 1.807) is 31.2 Å². The number of thiazole rings is 1.